The Labute approximate surface area is 142 Å². The highest BCUT2D eigenvalue weighted by Crippen LogP contribution is 2.31. The fourth-order valence-corrected chi connectivity index (χ4v) is 5.47. The molecular formula is C17H22N4O2S. The van der Waals surface area contributed by atoms with Gasteiger partial charge in [-0.2, -0.15) is 4.31 Å². The fraction of sp³-hybridized carbons (Fsp3) is 0.529. The van der Waals surface area contributed by atoms with Gasteiger partial charge in [0, 0.05) is 26.1 Å². The van der Waals surface area contributed by atoms with E-state index < -0.39 is 10.0 Å². The Balaban J connectivity index is 1.61. The summed E-state index contributed by atoms with van der Waals surface area (Å²) < 4.78 is 29.6. The summed E-state index contributed by atoms with van der Waals surface area (Å²) in [6.45, 7) is 1.06. The summed E-state index contributed by atoms with van der Waals surface area (Å²) in [6.07, 6.45) is 6.64. The van der Waals surface area contributed by atoms with E-state index in [0.717, 1.165) is 37.9 Å². The van der Waals surface area contributed by atoms with Crippen LogP contribution in [0.3, 0.4) is 0 Å². The number of benzene rings is 1. The molecule has 0 bridgehead atoms. The molecule has 4 rings (SSSR count). The smallest absolute Gasteiger partial charge is 0.243 e. The quantitative estimate of drug-likeness (QED) is 0.851. The van der Waals surface area contributed by atoms with Gasteiger partial charge in [-0.05, 0) is 55.4 Å². The number of aromatic nitrogens is 3. The fourth-order valence-electron chi connectivity index (χ4n) is 3.89. The van der Waals surface area contributed by atoms with Crippen molar-refractivity contribution >= 4 is 10.0 Å². The zero-order valence-electron chi connectivity index (χ0n) is 13.9. The normalized spacial score (nSPS) is 21.8. The number of sulfonamides is 1. The molecule has 0 N–H and O–H groups in total. The lowest BCUT2D eigenvalue weighted by atomic mass is 9.99. The molecule has 1 aromatic carbocycles. The van der Waals surface area contributed by atoms with Gasteiger partial charge >= 0.3 is 0 Å². The molecule has 1 aliphatic carbocycles. The number of hydrogen-bond donors (Lipinski definition) is 0. The van der Waals surface area contributed by atoms with Crippen LogP contribution in [0.15, 0.2) is 29.4 Å². The molecule has 1 aromatic heterocycles. The summed E-state index contributed by atoms with van der Waals surface area (Å²) in [7, 11) is -1.54. The molecule has 0 radical (unpaired) electrons. The molecule has 7 heteroatoms. The Morgan fingerprint density at radius 2 is 2.00 bits per heavy atom. The number of fused-ring (bicyclic) bond motifs is 1. The van der Waals surface area contributed by atoms with Crippen LogP contribution in [0.25, 0.3) is 0 Å². The molecule has 128 valence electrons. The molecule has 1 saturated heterocycles. The van der Waals surface area contributed by atoms with E-state index in [-0.39, 0.29) is 5.92 Å². The number of rotatable bonds is 3. The van der Waals surface area contributed by atoms with Crippen LogP contribution in [0, 0.1) is 0 Å². The van der Waals surface area contributed by atoms with E-state index in [1.165, 1.54) is 11.1 Å². The molecule has 1 fully saturated rings. The van der Waals surface area contributed by atoms with Crippen LogP contribution >= 0.6 is 0 Å². The van der Waals surface area contributed by atoms with Crippen LogP contribution in [0.2, 0.25) is 0 Å². The van der Waals surface area contributed by atoms with Crippen molar-refractivity contribution in [1.82, 2.24) is 19.1 Å². The van der Waals surface area contributed by atoms with Crippen LogP contribution in [0.4, 0.5) is 0 Å². The van der Waals surface area contributed by atoms with Crippen molar-refractivity contribution in [3.8, 4) is 0 Å². The number of aryl methyl sites for hydroxylation is 3. The zero-order valence-corrected chi connectivity index (χ0v) is 14.7. The lowest BCUT2D eigenvalue weighted by Crippen LogP contribution is -2.39. The third-order valence-corrected chi connectivity index (χ3v) is 7.06. The highest BCUT2D eigenvalue weighted by atomic mass is 32.2. The van der Waals surface area contributed by atoms with Gasteiger partial charge in [0.2, 0.25) is 10.0 Å². The van der Waals surface area contributed by atoms with Crippen LogP contribution in [-0.4, -0.2) is 40.6 Å². The summed E-state index contributed by atoms with van der Waals surface area (Å²) in [5.41, 5.74) is 2.49. The van der Waals surface area contributed by atoms with Gasteiger partial charge in [0.05, 0.1) is 4.90 Å². The Bertz CT molecular complexity index is 859. The average molecular weight is 346 g/mol. The monoisotopic (exact) mass is 346 g/mol. The SMILES string of the molecule is Cn1cnnc1C1CCCN(S(=O)(=O)c2ccc3c(c2)CCC3)C1. The first-order valence-electron chi connectivity index (χ1n) is 8.51. The number of hydrogen-bond acceptors (Lipinski definition) is 4. The Morgan fingerprint density at radius 1 is 1.17 bits per heavy atom. The first kappa shape index (κ1) is 15.8. The van der Waals surface area contributed by atoms with Crippen molar-refractivity contribution in [1.29, 1.82) is 0 Å². The van der Waals surface area contributed by atoms with Crippen molar-refractivity contribution in [2.75, 3.05) is 13.1 Å². The van der Waals surface area contributed by atoms with E-state index in [0.29, 0.717) is 18.0 Å². The maximum atomic E-state index is 13.1. The Hall–Kier alpha value is -1.73. The topological polar surface area (TPSA) is 68.1 Å². The van der Waals surface area contributed by atoms with Gasteiger partial charge in [-0.3, -0.25) is 0 Å². The molecule has 1 aliphatic heterocycles. The maximum absolute atomic E-state index is 13.1. The third kappa shape index (κ3) is 2.65. The first-order chi connectivity index (χ1) is 11.6. The molecule has 1 unspecified atom stereocenters. The summed E-state index contributed by atoms with van der Waals surface area (Å²) in [4.78, 5) is 0.432. The molecule has 0 spiro atoms. The molecular weight excluding hydrogens is 324 g/mol. The van der Waals surface area contributed by atoms with Crippen LogP contribution in [-0.2, 0) is 29.9 Å². The molecule has 0 amide bonds. The predicted octanol–water partition coefficient (Wildman–Crippen LogP) is 1.87. The van der Waals surface area contributed by atoms with Gasteiger partial charge in [0.1, 0.15) is 12.2 Å². The molecule has 24 heavy (non-hydrogen) atoms. The van der Waals surface area contributed by atoms with E-state index in [1.807, 2.05) is 23.7 Å². The summed E-state index contributed by atoms with van der Waals surface area (Å²) in [6, 6.07) is 5.63. The lowest BCUT2D eigenvalue weighted by molar-refractivity contribution is 0.306. The zero-order chi connectivity index (χ0) is 16.7. The molecule has 2 heterocycles. The second-order valence-corrected chi connectivity index (χ2v) is 8.72. The van der Waals surface area contributed by atoms with E-state index in [2.05, 4.69) is 10.2 Å². The van der Waals surface area contributed by atoms with E-state index in [9.17, 15) is 8.42 Å². The van der Waals surface area contributed by atoms with Crippen molar-refractivity contribution in [2.45, 2.75) is 42.9 Å². The molecule has 1 atom stereocenters. The second kappa shape index (κ2) is 5.97. The third-order valence-electron chi connectivity index (χ3n) is 5.20. The Morgan fingerprint density at radius 3 is 2.79 bits per heavy atom. The maximum Gasteiger partial charge on any atom is 0.243 e. The highest BCUT2D eigenvalue weighted by Gasteiger charge is 2.33. The van der Waals surface area contributed by atoms with Crippen LogP contribution < -0.4 is 0 Å². The minimum absolute atomic E-state index is 0.107. The minimum atomic E-state index is -3.44. The van der Waals surface area contributed by atoms with Crippen LogP contribution in [0.5, 0.6) is 0 Å². The van der Waals surface area contributed by atoms with Crippen molar-refractivity contribution in [3.63, 3.8) is 0 Å². The van der Waals surface area contributed by atoms with Crippen molar-refractivity contribution in [2.24, 2.45) is 7.05 Å². The van der Waals surface area contributed by atoms with Gasteiger partial charge in [0.25, 0.3) is 0 Å². The van der Waals surface area contributed by atoms with Gasteiger partial charge in [-0.25, -0.2) is 8.42 Å². The number of piperidine rings is 1. The first-order valence-corrected chi connectivity index (χ1v) is 9.95. The molecule has 6 nitrogen and oxygen atoms in total. The highest BCUT2D eigenvalue weighted by molar-refractivity contribution is 7.89. The lowest BCUT2D eigenvalue weighted by Gasteiger charge is -2.31. The predicted molar refractivity (Wildman–Crippen MR) is 90.2 cm³/mol. The summed E-state index contributed by atoms with van der Waals surface area (Å²) in [5, 5.41) is 8.09. The van der Waals surface area contributed by atoms with Crippen LogP contribution in [0.1, 0.15) is 42.1 Å². The van der Waals surface area contributed by atoms with Crippen molar-refractivity contribution < 1.29 is 8.42 Å². The van der Waals surface area contributed by atoms with E-state index in [4.69, 9.17) is 0 Å². The summed E-state index contributed by atoms with van der Waals surface area (Å²) in [5.74, 6) is 0.972. The van der Waals surface area contributed by atoms with Gasteiger partial charge in [-0.1, -0.05) is 6.07 Å². The molecule has 2 aliphatic rings. The largest absolute Gasteiger partial charge is 0.320 e. The second-order valence-electron chi connectivity index (χ2n) is 6.79. The van der Waals surface area contributed by atoms with E-state index >= 15 is 0 Å². The average Bonchev–Trinajstić information content (AvgIpc) is 3.22. The number of nitrogens with zero attached hydrogens (tertiary/aromatic N) is 4. The minimum Gasteiger partial charge on any atom is -0.320 e. The van der Waals surface area contributed by atoms with Gasteiger partial charge in [-0.15, -0.1) is 10.2 Å². The molecule has 0 saturated carbocycles. The van der Waals surface area contributed by atoms with Crippen molar-refractivity contribution in [3.05, 3.63) is 41.5 Å². The molecule has 2 aromatic rings. The van der Waals surface area contributed by atoms with Gasteiger partial charge in [0.15, 0.2) is 0 Å². The summed E-state index contributed by atoms with van der Waals surface area (Å²) >= 11 is 0. The Kier molecular flexibility index (Phi) is 3.92. The standard InChI is InChI=1S/C17H22N4O2S/c1-20-12-18-19-17(20)15-6-3-9-21(11-15)24(22,23)16-8-7-13-4-2-5-14(13)10-16/h7-8,10,12,15H,2-6,9,11H2,1H3. The van der Waals surface area contributed by atoms with Gasteiger partial charge < -0.3 is 4.57 Å². The van der Waals surface area contributed by atoms with E-state index in [1.54, 1.807) is 16.7 Å².